The minimum Gasteiger partial charge on any atom is -0.508 e. The van der Waals surface area contributed by atoms with Gasteiger partial charge in [-0.2, -0.15) is 0 Å². The third-order valence-electron chi connectivity index (χ3n) is 6.86. The zero-order valence-corrected chi connectivity index (χ0v) is 26.2. The van der Waals surface area contributed by atoms with E-state index in [2.05, 4.69) is 17.6 Å². The molecule has 2 aromatic carbocycles. The Bertz CT molecular complexity index is 1210. The summed E-state index contributed by atoms with van der Waals surface area (Å²) in [6, 6.07) is 12.0. The maximum Gasteiger partial charge on any atom is 0.408 e. The number of aryl methyl sites for hydroxylation is 1. The molecule has 5 N–H and O–H groups in total. The summed E-state index contributed by atoms with van der Waals surface area (Å²) in [5, 5.41) is 15.8. The van der Waals surface area contributed by atoms with Crippen LogP contribution in [-0.4, -0.2) is 52.0 Å². The molecule has 2 aromatic rings. The molecule has 0 saturated heterocycles. The summed E-state index contributed by atoms with van der Waals surface area (Å²) >= 11 is 0. The molecule has 0 saturated carbocycles. The number of rotatable bonds is 16. The molecule has 2 rings (SSSR count). The first kappa shape index (κ1) is 35.1. The van der Waals surface area contributed by atoms with Gasteiger partial charge in [0, 0.05) is 19.5 Å². The van der Waals surface area contributed by atoms with E-state index in [1.54, 1.807) is 39.8 Å². The van der Waals surface area contributed by atoms with Gasteiger partial charge < -0.3 is 31.1 Å². The van der Waals surface area contributed by atoms with E-state index in [4.69, 9.17) is 10.5 Å². The van der Waals surface area contributed by atoms with Gasteiger partial charge in [-0.05, 0) is 69.4 Å². The number of hydrogen-bond donors (Lipinski definition) is 4. The highest BCUT2D eigenvalue weighted by Crippen LogP contribution is 2.28. The van der Waals surface area contributed by atoms with Crippen molar-refractivity contribution in [3.05, 3.63) is 65.2 Å². The summed E-state index contributed by atoms with van der Waals surface area (Å²) in [7, 11) is 0. The van der Waals surface area contributed by atoms with Gasteiger partial charge in [-0.15, -0.1) is 0 Å². The summed E-state index contributed by atoms with van der Waals surface area (Å²) < 4.78 is 5.40. The molecule has 0 radical (unpaired) electrons. The van der Waals surface area contributed by atoms with Crippen LogP contribution in [0.25, 0.3) is 0 Å². The summed E-state index contributed by atoms with van der Waals surface area (Å²) in [5.41, 5.74) is 6.53. The van der Waals surface area contributed by atoms with Gasteiger partial charge in [0.25, 0.3) is 0 Å². The standard InChI is InChI=1S/C33H48N4O6/c1-6-7-8-9-13-20-37(31(41)26(17-19-28(34)39)36-32(42)43-33(3,4)5)29(25-16-18-27(38)23(2)21-25)30(40)35-22-24-14-11-10-12-15-24/h10-12,14-16,18,21,26,29,38H,6-9,13,17,19-20,22H2,1-5H3,(H2,34,39)(H,35,40)(H,36,42). The van der Waals surface area contributed by atoms with Crippen LogP contribution in [-0.2, 0) is 25.7 Å². The van der Waals surface area contributed by atoms with Crippen LogP contribution >= 0.6 is 0 Å². The third-order valence-corrected chi connectivity index (χ3v) is 6.86. The van der Waals surface area contributed by atoms with Crippen LogP contribution in [0.2, 0.25) is 0 Å². The number of nitrogens with zero attached hydrogens (tertiary/aromatic N) is 1. The number of alkyl carbamates (subject to hydrolysis) is 1. The maximum atomic E-state index is 14.3. The Morgan fingerprint density at radius 1 is 1.00 bits per heavy atom. The highest BCUT2D eigenvalue weighted by molar-refractivity contribution is 5.92. The van der Waals surface area contributed by atoms with E-state index in [9.17, 15) is 24.3 Å². The van der Waals surface area contributed by atoms with Crippen LogP contribution in [0.1, 0.15) is 95.4 Å². The van der Waals surface area contributed by atoms with E-state index in [0.29, 0.717) is 17.5 Å². The SMILES string of the molecule is CCCCCCCN(C(=O)C(CCC(N)=O)NC(=O)OC(C)(C)C)C(C(=O)NCc1ccccc1)c1ccc(O)c(C)c1. The van der Waals surface area contributed by atoms with Gasteiger partial charge in [-0.1, -0.05) is 69.0 Å². The number of phenolic OH excluding ortho intramolecular Hbond substituents is 1. The van der Waals surface area contributed by atoms with Crippen LogP contribution in [0.4, 0.5) is 4.79 Å². The first-order valence-corrected chi connectivity index (χ1v) is 15.0. The molecule has 0 aliphatic rings. The van der Waals surface area contributed by atoms with Crippen molar-refractivity contribution in [2.45, 2.75) is 104 Å². The van der Waals surface area contributed by atoms with Crippen molar-refractivity contribution in [3.8, 4) is 5.75 Å². The second-order valence-corrected chi connectivity index (χ2v) is 11.8. The van der Waals surface area contributed by atoms with Crippen LogP contribution in [0.5, 0.6) is 5.75 Å². The van der Waals surface area contributed by atoms with Crippen LogP contribution in [0, 0.1) is 6.92 Å². The predicted molar refractivity (Wildman–Crippen MR) is 166 cm³/mol. The predicted octanol–water partition coefficient (Wildman–Crippen LogP) is 5.02. The van der Waals surface area contributed by atoms with Gasteiger partial charge in [0.05, 0.1) is 0 Å². The lowest BCUT2D eigenvalue weighted by molar-refractivity contribution is -0.143. The van der Waals surface area contributed by atoms with Crippen LogP contribution in [0.3, 0.4) is 0 Å². The minimum atomic E-state index is -1.17. The number of primary amides is 1. The number of carbonyl (C=O) groups excluding carboxylic acids is 4. The average Bonchev–Trinajstić information content (AvgIpc) is 2.94. The van der Waals surface area contributed by atoms with E-state index in [-0.39, 0.29) is 31.7 Å². The second kappa shape index (κ2) is 17.1. The van der Waals surface area contributed by atoms with E-state index in [1.807, 2.05) is 30.3 Å². The summed E-state index contributed by atoms with van der Waals surface area (Å²) in [5.74, 6) is -1.51. The number of carbonyl (C=O) groups is 4. The topological polar surface area (TPSA) is 151 Å². The van der Waals surface area contributed by atoms with Crippen molar-refractivity contribution in [1.29, 1.82) is 0 Å². The Hall–Kier alpha value is -4.08. The van der Waals surface area contributed by atoms with E-state index in [0.717, 1.165) is 31.2 Å². The molecule has 0 fully saturated rings. The number of nitrogens with two attached hydrogens (primary N) is 1. The number of ether oxygens (including phenoxy) is 1. The quantitative estimate of drug-likeness (QED) is 0.200. The molecule has 4 amide bonds. The summed E-state index contributed by atoms with van der Waals surface area (Å²) in [4.78, 5) is 54.2. The molecule has 10 nitrogen and oxygen atoms in total. The molecular formula is C33H48N4O6. The van der Waals surface area contributed by atoms with Crippen molar-refractivity contribution in [1.82, 2.24) is 15.5 Å². The first-order chi connectivity index (χ1) is 20.3. The number of amides is 4. The van der Waals surface area contributed by atoms with Gasteiger partial charge in [-0.25, -0.2) is 4.79 Å². The van der Waals surface area contributed by atoms with Crippen LogP contribution < -0.4 is 16.4 Å². The fraction of sp³-hybridized carbons (Fsp3) is 0.515. The van der Waals surface area contributed by atoms with Gasteiger partial charge in [0.15, 0.2) is 0 Å². The number of unbranched alkanes of at least 4 members (excludes halogenated alkanes) is 4. The zero-order valence-electron chi connectivity index (χ0n) is 26.2. The molecule has 2 unspecified atom stereocenters. The fourth-order valence-electron chi connectivity index (χ4n) is 4.65. The number of nitrogens with one attached hydrogen (secondary N) is 2. The lowest BCUT2D eigenvalue weighted by atomic mass is 9.98. The van der Waals surface area contributed by atoms with Crippen molar-refractivity contribution >= 4 is 23.8 Å². The smallest absolute Gasteiger partial charge is 0.408 e. The molecule has 0 aliphatic heterocycles. The van der Waals surface area contributed by atoms with Gasteiger partial charge in [-0.3, -0.25) is 14.4 Å². The van der Waals surface area contributed by atoms with Crippen LogP contribution in [0.15, 0.2) is 48.5 Å². The molecular weight excluding hydrogens is 548 g/mol. The van der Waals surface area contributed by atoms with Crippen molar-refractivity contribution in [2.75, 3.05) is 6.54 Å². The molecule has 0 spiro atoms. The van der Waals surface area contributed by atoms with E-state index in [1.165, 1.54) is 11.0 Å². The molecule has 0 aromatic heterocycles. The molecule has 10 heteroatoms. The number of aromatic hydroxyl groups is 1. The average molecular weight is 597 g/mol. The molecule has 0 bridgehead atoms. The van der Waals surface area contributed by atoms with Crippen molar-refractivity contribution in [3.63, 3.8) is 0 Å². The largest absolute Gasteiger partial charge is 0.508 e. The minimum absolute atomic E-state index is 0.0628. The summed E-state index contributed by atoms with van der Waals surface area (Å²) in [6.45, 7) is 9.42. The van der Waals surface area contributed by atoms with Gasteiger partial charge in [0.1, 0.15) is 23.4 Å². The van der Waals surface area contributed by atoms with Gasteiger partial charge >= 0.3 is 6.09 Å². The second-order valence-electron chi connectivity index (χ2n) is 11.8. The Morgan fingerprint density at radius 2 is 1.67 bits per heavy atom. The molecule has 236 valence electrons. The lowest BCUT2D eigenvalue weighted by Crippen LogP contribution is -2.53. The van der Waals surface area contributed by atoms with E-state index < -0.39 is 41.5 Å². The van der Waals surface area contributed by atoms with Crippen molar-refractivity contribution < 1.29 is 29.0 Å². The third kappa shape index (κ3) is 12.4. The first-order valence-electron chi connectivity index (χ1n) is 15.0. The highest BCUT2D eigenvalue weighted by Gasteiger charge is 2.36. The molecule has 0 heterocycles. The van der Waals surface area contributed by atoms with Gasteiger partial charge in [0.2, 0.25) is 17.7 Å². The Morgan fingerprint density at radius 3 is 2.28 bits per heavy atom. The highest BCUT2D eigenvalue weighted by atomic mass is 16.6. The monoisotopic (exact) mass is 596 g/mol. The Labute approximate surface area is 255 Å². The Kier molecular flexibility index (Phi) is 14.0. The molecule has 2 atom stereocenters. The van der Waals surface area contributed by atoms with E-state index >= 15 is 0 Å². The number of benzene rings is 2. The summed E-state index contributed by atoms with van der Waals surface area (Å²) in [6.07, 6.45) is 3.51. The number of phenols is 1. The normalized spacial score (nSPS) is 12.6. The zero-order chi connectivity index (χ0) is 32.0. The Balaban J connectivity index is 2.52. The molecule has 0 aliphatic carbocycles. The molecule has 43 heavy (non-hydrogen) atoms. The lowest BCUT2D eigenvalue weighted by Gasteiger charge is -2.35. The maximum absolute atomic E-state index is 14.3. The van der Waals surface area contributed by atoms with Crippen molar-refractivity contribution in [2.24, 2.45) is 5.73 Å². The number of hydrogen-bond acceptors (Lipinski definition) is 6. The fourth-order valence-corrected chi connectivity index (χ4v) is 4.65.